The van der Waals surface area contributed by atoms with Crippen LogP contribution in [0.3, 0.4) is 0 Å². The van der Waals surface area contributed by atoms with Crippen LogP contribution in [0, 0.1) is 0 Å². The molecule has 4 rings (SSSR count). The summed E-state index contributed by atoms with van der Waals surface area (Å²) < 4.78 is 40.6. The second-order valence-electron chi connectivity index (χ2n) is 6.67. The van der Waals surface area contributed by atoms with Gasteiger partial charge in [-0.2, -0.15) is 18.3 Å². The highest BCUT2D eigenvalue weighted by atomic mass is 19.4. The lowest BCUT2D eigenvalue weighted by Crippen LogP contribution is -2.36. The van der Waals surface area contributed by atoms with E-state index in [1.807, 2.05) is 0 Å². The van der Waals surface area contributed by atoms with E-state index in [0.717, 1.165) is 25.3 Å². The van der Waals surface area contributed by atoms with Crippen molar-refractivity contribution in [1.82, 2.24) is 20.2 Å². The fraction of sp³-hybridized carbons (Fsp3) is 0.389. The average molecular weight is 381 g/mol. The Balaban J connectivity index is 0.00000150. The van der Waals surface area contributed by atoms with Crippen LogP contribution in [0.5, 0.6) is 0 Å². The first kappa shape index (κ1) is 17.7. The molecule has 146 valence electrons. The molecule has 1 aliphatic rings. The predicted octanol–water partition coefficient (Wildman–Crippen LogP) is 4.25. The van der Waals surface area contributed by atoms with Crippen molar-refractivity contribution in [2.75, 3.05) is 5.32 Å². The third-order valence-electron chi connectivity index (χ3n) is 4.83. The summed E-state index contributed by atoms with van der Waals surface area (Å²) >= 11 is 0. The molecule has 0 amide bonds. The van der Waals surface area contributed by atoms with E-state index in [2.05, 4.69) is 25.5 Å². The van der Waals surface area contributed by atoms with Crippen molar-refractivity contribution in [1.29, 1.82) is 0 Å². The standard InChI is InChI=1S/C18H18F3N5O.2H2/c19-18(20,21)11-7-8-14(23-12-5-1-2-6-13(12)27)24-16(11)15-10-4-3-9-22-17(10)26-25-15;;/h3-4,7-9,12-13,27H,1-2,5-6H2,(H,23,24)(H,22,25,26);2*1H. The van der Waals surface area contributed by atoms with Gasteiger partial charge >= 0.3 is 6.18 Å². The highest BCUT2D eigenvalue weighted by Gasteiger charge is 2.36. The number of aliphatic hydroxyl groups excluding tert-OH is 1. The topological polar surface area (TPSA) is 86.7 Å². The molecule has 0 aromatic carbocycles. The average Bonchev–Trinajstić information content (AvgIpc) is 3.07. The summed E-state index contributed by atoms with van der Waals surface area (Å²) in [5, 5.41) is 20.3. The summed E-state index contributed by atoms with van der Waals surface area (Å²) in [5.41, 5.74) is -0.610. The summed E-state index contributed by atoms with van der Waals surface area (Å²) in [6, 6.07) is 5.35. The second kappa shape index (κ2) is 6.80. The highest BCUT2D eigenvalue weighted by molar-refractivity contribution is 5.90. The quantitative estimate of drug-likeness (QED) is 0.632. The molecule has 3 heterocycles. The summed E-state index contributed by atoms with van der Waals surface area (Å²) in [7, 11) is 0. The molecule has 27 heavy (non-hydrogen) atoms. The Bertz CT molecular complexity index is 966. The fourth-order valence-corrected chi connectivity index (χ4v) is 3.46. The van der Waals surface area contributed by atoms with Crippen molar-refractivity contribution in [2.24, 2.45) is 0 Å². The van der Waals surface area contributed by atoms with Gasteiger partial charge in [0.1, 0.15) is 11.5 Å². The van der Waals surface area contributed by atoms with Gasteiger partial charge in [0.25, 0.3) is 0 Å². The van der Waals surface area contributed by atoms with E-state index in [1.165, 1.54) is 12.3 Å². The molecule has 3 aromatic rings. The molecule has 0 radical (unpaired) electrons. The summed E-state index contributed by atoms with van der Waals surface area (Å²) in [6.07, 6.45) is -0.267. The largest absolute Gasteiger partial charge is 0.418 e. The van der Waals surface area contributed by atoms with Crippen LogP contribution in [0.4, 0.5) is 19.0 Å². The number of hydrogen-bond donors (Lipinski definition) is 3. The van der Waals surface area contributed by atoms with Crippen molar-refractivity contribution in [3.63, 3.8) is 0 Å². The maximum atomic E-state index is 13.5. The van der Waals surface area contributed by atoms with Crippen LogP contribution in [0.25, 0.3) is 22.4 Å². The zero-order valence-corrected chi connectivity index (χ0v) is 14.3. The molecule has 1 saturated carbocycles. The number of fused-ring (bicyclic) bond motifs is 1. The van der Waals surface area contributed by atoms with Crippen LogP contribution in [0.15, 0.2) is 30.5 Å². The number of pyridine rings is 2. The van der Waals surface area contributed by atoms with Crippen molar-refractivity contribution >= 4 is 16.9 Å². The lowest BCUT2D eigenvalue weighted by molar-refractivity contribution is -0.137. The van der Waals surface area contributed by atoms with Crippen LogP contribution in [-0.2, 0) is 6.18 Å². The molecule has 1 aliphatic carbocycles. The van der Waals surface area contributed by atoms with Gasteiger partial charge in [-0.3, -0.25) is 5.10 Å². The van der Waals surface area contributed by atoms with Gasteiger partial charge < -0.3 is 10.4 Å². The van der Waals surface area contributed by atoms with E-state index in [1.54, 1.807) is 12.1 Å². The first-order valence-corrected chi connectivity index (χ1v) is 8.76. The SMILES string of the molecule is OC1CCCCC1Nc1ccc(C(F)(F)F)c(-c2[nH]nc3ncccc23)n1.[HH].[HH]. The first-order chi connectivity index (χ1) is 12.9. The van der Waals surface area contributed by atoms with Gasteiger partial charge in [0.05, 0.1) is 23.4 Å². The van der Waals surface area contributed by atoms with E-state index in [0.29, 0.717) is 17.5 Å². The van der Waals surface area contributed by atoms with Crippen LogP contribution in [0.2, 0.25) is 0 Å². The molecular formula is C18H22F3N5O. The molecule has 3 aromatic heterocycles. The van der Waals surface area contributed by atoms with Gasteiger partial charge in [-0.25, -0.2) is 9.97 Å². The maximum Gasteiger partial charge on any atom is 0.418 e. The van der Waals surface area contributed by atoms with E-state index in [4.69, 9.17) is 0 Å². The highest BCUT2D eigenvalue weighted by Crippen LogP contribution is 2.38. The van der Waals surface area contributed by atoms with Crippen molar-refractivity contribution in [3.05, 3.63) is 36.0 Å². The Labute approximate surface area is 155 Å². The van der Waals surface area contributed by atoms with Gasteiger partial charge in [0, 0.05) is 14.4 Å². The minimum absolute atomic E-state index is 0. The molecule has 1 fully saturated rings. The van der Waals surface area contributed by atoms with Gasteiger partial charge in [0.15, 0.2) is 5.65 Å². The maximum absolute atomic E-state index is 13.5. The summed E-state index contributed by atoms with van der Waals surface area (Å²) in [5.74, 6) is 0.288. The molecule has 0 saturated heterocycles. The van der Waals surface area contributed by atoms with Gasteiger partial charge in [-0.1, -0.05) is 12.8 Å². The van der Waals surface area contributed by atoms with E-state index < -0.39 is 17.8 Å². The molecule has 9 heteroatoms. The van der Waals surface area contributed by atoms with E-state index in [9.17, 15) is 18.3 Å². The number of hydrogen-bond acceptors (Lipinski definition) is 5. The number of aliphatic hydroxyl groups is 1. The van der Waals surface area contributed by atoms with Gasteiger partial charge in [-0.05, 0) is 37.1 Å². The van der Waals surface area contributed by atoms with Gasteiger partial charge in [-0.15, -0.1) is 0 Å². The summed E-state index contributed by atoms with van der Waals surface area (Å²) in [6.45, 7) is 0. The third-order valence-corrected chi connectivity index (χ3v) is 4.83. The molecule has 0 spiro atoms. The molecule has 3 N–H and O–H groups in total. The first-order valence-electron chi connectivity index (χ1n) is 8.76. The smallest absolute Gasteiger partial charge is 0.391 e. The lowest BCUT2D eigenvalue weighted by Gasteiger charge is -2.29. The Kier molecular flexibility index (Phi) is 4.47. The molecule has 6 nitrogen and oxygen atoms in total. The van der Waals surface area contributed by atoms with Crippen LogP contribution in [0.1, 0.15) is 34.1 Å². The number of aromatic nitrogens is 4. The van der Waals surface area contributed by atoms with Gasteiger partial charge in [0.2, 0.25) is 0 Å². The Morgan fingerprint density at radius 2 is 2.00 bits per heavy atom. The Hall–Kier alpha value is -2.68. The molecule has 0 aliphatic heterocycles. The van der Waals surface area contributed by atoms with Crippen molar-refractivity contribution in [3.8, 4) is 11.4 Å². The normalized spacial score (nSPS) is 20.7. The number of halogens is 3. The molecule has 2 atom stereocenters. The predicted molar refractivity (Wildman–Crippen MR) is 98.2 cm³/mol. The third kappa shape index (κ3) is 3.46. The van der Waals surface area contributed by atoms with Crippen LogP contribution in [-0.4, -0.2) is 37.4 Å². The Morgan fingerprint density at radius 1 is 1.19 bits per heavy atom. The molecule has 0 bridgehead atoms. The minimum Gasteiger partial charge on any atom is -0.391 e. The zero-order chi connectivity index (χ0) is 19.0. The number of aromatic amines is 1. The fourth-order valence-electron chi connectivity index (χ4n) is 3.46. The lowest BCUT2D eigenvalue weighted by atomic mass is 9.92. The van der Waals surface area contributed by atoms with E-state index in [-0.39, 0.29) is 26.1 Å². The molecule has 2 unspecified atom stereocenters. The number of nitrogens with one attached hydrogen (secondary N) is 2. The van der Waals surface area contributed by atoms with Crippen LogP contribution < -0.4 is 5.32 Å². The minimum atomic E-state index is -4.56. The van der Waals surface area contributed by atoms with Crippen molar-refractivity contribution < 1.29 is 21.1 Å². The Morgan fingerprint density at radius 3 is 2.78 bits per heavy atom. The second-order valence-corrected chi connectivity index (χ2v) is 6.67. The van der Waals surface area contributed by atoms with E-state index >= 15 is 0 Å². The number of nitrogens with zero attached hydrogens (tertiary/aromatic N) is 3. The number of H-pyrrole nitrogens is 1. The zero-order valence-electron chi connectivity index (χ0n) is 14.3. The van der Waals surface area contributed by atoms with Crippen LogP contribution >= 0.6 is 0 Å². The number of rotatable bonds is 3. The van der Waals surface area contributed by atoms with Crippen molar-refractivity contribution in [2.45, 2.75) is 44.0 Å². The monoisotopic (exact) mass is 381 g/mol. The number of alkyl halides is 3. The molecular weight excluding hydrogens is 359 g/mol. The summed E-state index contributed by atoms with van der Waals surface area (Å²) in [4.78, 5) is 8.26. The number of anilines is 1.